The Morgan fingerprint density at radius 2 is 1.86 bits per heavy atom. The van der Waals surface area contributed by atoms with Gasteiger partial charge in [-0.15, -0.1) is 0 Å². The average Bonchev–Trinajstić information content (AvgIpc) is 2.78. The smallest absolute Gasteiger partial charge is 0.351 e. The van der Waals surface area contributed by atoms with Gasteiger partial charge in [0.25, 0.3) is 7.82 Å². The fourth-order valence-electron chi connectivity index (χ4n) is 2.16. The molecule has 6 atom stereocenters. The van der Waals surface area contributed by atoms with Crippen LogP contribution < -0.4 is 31.0 Å². The normalized spacial score (nSPS) is 29.3. The van der Waals surface area contributed by atoms with E-state index < -0.39 is 59.2 Å². The van der Waals surface area contributed by atoms with Gasteiger partial charge in [0.15, 0.2) is 6.23 Å². The number of aliphatic hydroxyl groups is 2. The standard InChI is InChI=1S/C9H16N3O13P3S/c10-5-1-2-12(9(15)11-5)8-7(14)6(13)4(23-8)3-22-28(21,29)25-27(19,20)24-26(16,17)18/h1-2,4,6-8,13-14H,3H2,(H,19,20)(H,21,29)(H2,10,11,15)(H2,16,17,18)/p-4/t4-,6-,7-,8-,28?/m1/s1. The van der Waals surface area contributed by atoms with Gasteiger partial charge in [0.05, 0.1) is 14.4 Å². The second-order valence-electron chi connectivity index (χ2n) is 5.39. The highest BCUT2D eigenvalue weighted by atomic mass is 32.5. The van der Waals surface area contributed by atoms with Crippen LogP contribution in [0.15, 0.2) is 17.1 Å². The molecule has 2 rings (SSSR count). The van der Waals surface area contributed by atoms with Crippen LogP contribution in [-0.2, 0) is 38.8 Å². The molecule has 0 bridgehead atoms. The molecule has 0 radical (unpaired) electrons. The second-order valence-corrected chi connectivity index (χ2v) is 11.0. The molecule has 29 heavy (non-hydrogen) atoms. The van der Waals surface area contributed by atoms with Crippen LogP contribution in [0.5, 0.6) is 0 Å². The molecule has 0 aromatic carbocycles. The number of nitrogen functional groups attached to an aromatic ring is 1. The molecule has 1 aromatic heterocycles. The lowest BCUT2D eigenvalue weighted by atomic mass is 10.1. The van der Waals surface area contributed by atoms with Crippen molar-refractivity contribution in [2.24, 2.45) is 0 Å². The van der Waals surface area contributed by atoms with Crippen LogP contribution in [0.2, 0.25) is 0 Å². The number of aromatic nitrogens is 2. The van der Waals surface area contributed by atoms with Crippen molar-refractivity contribution in [2.45, 2.75) is 24.5 Å². The van der Waals surface area contributed by atoms with Gasteiger partial charge in [-0.1, -0.05) is 11.8 Å². The van der Waals surface area contributed by atoms with Crippen molar-refractivity contribution in [3.05, 3.63) is 22.7 Å². The zero-order valence-electron chi connectivity index (χ0n) is 13.8. The van der Waals surface area contributed by atoms with Crippen molar-refractivity contribution < 1.29 is 56.8 Å². The van der Waals surface area contributed by atoms with E-state index in [-0.39, 0.29) is 5.82 Å². The van der Waals surface area contributed by atoms with Crippen LogP contribution in [0.3, 0.4) is 0 Å². The molecular weight excluding hydrogens is 483 g/mol. The van der Waals surface area contributed by atoms with Gasteiger partial charge in [-0.2, -0.15) is 4.98 Å². The number of hydrogen-bond donors (Lipinski definition) is 3. The van der Waals surface area contributed by atoms with E-state index >= 15 is 0 Å². The first-order valence-electron chi connectivity index (χ1n) is 7.18. The van der Waals surface area contributed by atoms with Gasteiger partial charge in [-0.25, -0.2) is 4.79 Å². The van der Waals surface area contributed by atoms with Crippen molar-refractivity contribution in [1.29, 1.82) is 0 Å². The summed E-state index contributed by atoms with van der Waals surface area (Å²) in [6, 6.07) is 1.20. The third-order valence-corrected chi connectivity index (χ3v) is 7.84. The molecule has 2 heterocycles. The summed E-state index contributed by atoms with van der Waals surface area (Å²) in [6.45, 7) is -5.92. The van der Waals surface area contributed by atoms with Gasteiger partial charge in [-0.3, -0.25) is 17.8 Å². The molecule has 0 amide bonds. The molecule has 1 saturated heterocycles. The van der Waals surface area contributed by atoms with E-state index in [1.54, 1.807) is 0 Å². The fourth-order valence-corrected chi connectivity index (χ4v) is 5.95. The molecule has 2 unspecified atom stereocenters. The number of ether oxygens (including phenoxy) is 1. The Hall–Kier alpha value is -0.610. The third-order valence-electron chi connectivity index (χ3n) is 3.26. The lowest BCUT2D eigenvalue weighted by molar-refractivity contribution is -0.339. The number of aliphatic hydroxyl groups excluding tert-OH is 2. The molecule has 1 aliphatic rings. The molecule has 16 nitrogen and oxygen atoms in total. The Morgan fingerprint density at radius 1 is 1.24 bits per heavy atom. The third kappa shape index (κ3) is 6.95. The molecule has 4 N–H and O–H groups in total. The Labute approximate surface area is 166 Å². The SMILES string of the molecule is Nc1ccn([C@@H]2O[C@H](COP([O-])(=S)OP(=O)([O-])OP(=O)([O-])[O-])[C@@H](O)[C@H]2O)c(=O)n1. The quantitative estimate of drug-likeness (QED) is 0.286. The molecule has 1 aliphatic heterocycles. The number of hydrogen-bond acceptors (Lipinski definition) is 16. The second kappa shape index (κ2) is 8.86. The van der Waals surface area contributed by atoms with Crippen LogP contribution in [0, 0.1) is 0 Å². The monoisotopic (exact) mass is 495 g/mol. The van der Waals surface area contributed by atoms with Gasteiger partial charge in [0.2, 0.25) is 0 Å². The van der Waals surface area contributed by atoms with Crippen molar-refractivity contribution in [1.82, 2.24) is 9.55 Å². The summed E-state index contributed by atoms with van der Waals surface area (Å²) in [5, 5.41) is 20.0. The van der Waals surface area contributed by atoms with Gasteiger partial charge < -0.3 is 49.3 Å². The number of phosphoric acid groups is 2. The first-order valence-corrected chi connectivity index (χ1v) is 12.7. The number of rotatable bonds is 8. The van der Waals surface area contributed by atoms with E-state index in [9.17, 15) is 43.7 Å². The Bertz CT molecular complexity index is 951. The first-order chi connectivity index (χ1) is 13.1. The van der Waals surface area contributed by atoms with E-state index in [1.165, 1.54) is 6.07 Å². The maximum absolute atomic E-state index is 11.8. The molecule has 1 fully saturated rings. The summed E-state index contributed by atoms with van der Waals surface area (Å²) in [7, 11) is -12.0. The summed E-state index contributed by atoms with van der Waals surface area (Å²) in [5.41, 5.74) is 4.40. The van der Waals surface area contributed by atoms with Crippen molar-refractivity contribution in [3.8, 4) is 0 Å². The molecule has 0 aliphatic carbocycles. The molecule has 166 valence electrons. The molecular formula is C9H12N3O13P3S-4. The van der Waals surface area contributed by atoms with Crippen LogP contribution in [0.25, 0.3) is 0 Å². The van der Waals surface area contributed by atoms with E-state index in [4.69, 9.17) is 10.5 Å². The van der Waals surface area contributed by atoms with Crippen molar-refractivity contribution in [2.75, 3.05) is 12.3 Å². The minimum absolute atomic E-state index is 0.117. The largest absolute Gasteiger partial charge is 0.790 e. The summed E-state index contributed by atoms with van der Waals surface area (Å²) in [4.78, 5) is 58.9. The van der Waals surface area contributed by atoms with E-state index in [1.807, 2.05) is 0 Å². The lowest BCUT2D eigenvalue weighted by Crippen LogP contribution is -2.36. The van der Waals surface area contributed by atoms with Crippen molar-refractivity contribution >= 4 is 40.0 Å². The van der Waals surface area contributed by atoms with Crippen LogP contribution in [0.4, 0.5) is 5.82 Å². The zero-order chi connectivity index (χ0) is 22.2. The minimum atomic E-state index is -6.05. The first kappa shape index (κ1) is 24.7. The Morgan fingerprint density at radius 3 is 2.41 bits per heavy atom. The van der Waals surface area contributed by atoms with Crippen LogP contribution >= 0.6 is 22.4 Å². The average molecular weight is 495 g/mol. The topological polar surface area (TPSA) is 265 Å². The van der Waals surface area contributed by atoms with E-state index in [0.717, 1.165) is 10.8 Å². The van der Waals surface area contributed by atoms with Gasteiger partial charge in [-0.05, 0) is 6.07 Å². The van der Waals surface area contributed by atoms with E-state index in [2.05, 4.69) is 29.9 Å². The summed E-state index contributed by atoms with van der Waals surface area (Å²) in [6.07, 6.45) is -5.26. The summed E-state index contributed by atoms with van der Waals surface area (Å²) < 4.78 is 38.8. The number of anilines is 1. The molecule has 0 spiro atoms. The Balaban J connectivity index is 2.05. The van der Waals surface area contributed by atoms with Gasteiger partial charge in [0, 0.05) is 6.20 Å². The lowest BCUT2D eigenvalue weighted by Gasteiger charge is -2.39. The summed E-state index contributed by atoms with van der Waals surface area (Å²) in [5.74, 6) is -0.117. The fraction of sp³-hybridized carbons (Fsp3) is 0.556. The molecule has 0 saturated carbocycles. The molecule has 1 aromatic rings. The van der Waals surface area contributed by atoms with Gasteiger partial charge >= 0.3 is 5.69 Å². The highest BCUT2D eigenvalue weighted by molar-refractivity contribution is 8.07. The molecule has 20 heteroatoms. The van der Waals surface area contributed by atoms with Crippen molar-refractivity contribution in [3.63, 3.8) is 0 Å². The predicted molar refractivity (Wildman–Crippen MR) is 86.5 cm³/mol. The zero-order valence-corrected chi connectivity index (χ0v) is 17.3. The highest BCUT2D eigenvalue weighted by Gasteiger charge is 2.44. The summed E-state index contributed by atoms with van der Waals surface area (Å²) >= 11 is 4.23. The Kier molecular flexibility index (Phi) is 7.54. The number of nitrogens with zero attached hydrogens (tertiary/aromatic N) is 2. The minimum Gasteiger partial charge on any atom is -0.790 e. The van der Waals surface area contributed by atoms with Crippen LogP contribution in [0.1, 0.15) is 6.23 Å². The highest BCUT2D eigenvalue weighted by Crippen LogP contribution is 2.60. The van der Waals surface area contributed by atoms with E-state index in [0.29, 0.717) is 0 Å². The predicted octanol–water partition coefficient (Wildman–Crippen LogP) is -4.62. The maximum Gasteiger partial charge on any atom is 0.351 e. The van der Waals surface area contributed by atoms with Crippen LogP contribution in [-0.4, -0.2) is 44.7 Å². The van der Waals surface area contributed by atoms with Gasteiger partial charge in [0.1, 0.15) is 30.8 Å². The number of nitrogens with two attached hydrogens (primary N) is 1. The maximum atomic E-state index is 11.8.